The van der Waals surface area contributed by atoms with Crippen LogP contribution in [-0.2, 0) is 14.3 Å². The highest BCUT2D eigenvalue weighted by Crippen LogP contribution is 2.48. The number of nitro groups is 1. The molecule has 0 aromatic heterocycles. The maximum Gasteiger partial charge on any atom is 0.315 e. The van der Waals surface area contributed by atoms with Gasteiger partial charge in [0.15, 0.2) is 5.78 Å². The number of carbonyl (C=O) groups is 2. The van der Waals surface area contributed by atoms with Gasteiger partial charge in [0.05, 0.1) is 11.5 Å². The largest absolute Gasteiger partial charge is 0.868 e. The molecule has 0 fully saturated rings. The number of benzene rings is 1. The lowest BCUT2D eigenvalue weighted by Crippen LogP contribution is -2.39. The summed E-state index contributed by atoms with van der Waals surface area (Å²) in [6.07, 6.45) is 2.41. The first kappa shape index (κ1) is 22.7. The van der Waals surface area contributed by atoms with E-state index in [1.54, 1.807) is 6.92 Å². The van der Waals surface area contributed by atoms with Crippen LogP contribution in [-0.4, -0.2) is 29.0 Å². The first-order chi connectivity index (χ1) is 14.6. The average molecular weight is 427 g/mol. The zero-order valence-corrected chi connectivity index (χ0v) is 18.3. The molecule has 0 saturated carbocycles. The summed E-state index contributed by atoms with van der Waals surface area (Å²) in [7, 11) is 0. The maximum atomic E-state index is 13.2. The molecular weight excluding hydrogens is 400 g/mol. The second-order valence-electron chi connectivity index (χ2n) is 9.02. The van der Waals surface area contributed by atoms with Crippen LogP contribution in [0.2, 0.25) is 0 Å². The molecule has 2 atom stereocenters. The Morgan fingerprint density at radius 1 is 1.32 bits per heavy atom. The molecular formula is C23H27N2O6-. The van der Waals surface area contributed by atoms with Crippen LogP contribution in [0.5, 0.6) is 5.75 Å². The molecule has 1 aromatic rings. The van der Waals surface area contributed by atoms with Crippen LogP contribution in [0.3, 0.4) is 0 Å². The fourth-order valence-electron chi connectivity index (χ4n) is 4.39. The average Bonchev–Trinajstić information content (AvgIpc) is 2.66. The molecule has 1 aliphatic heterocycles. The molecule has 0 N–H and O–H groups in total. The quantitative estimate of drug-likeness (QED) is 0.294. The van der Waals surface area contributed by atoms with Crippen molar-refractivity contribution in [3.63, 3.8) is 0 Å². The number of Topliss-reactive ketones (excluding diaryl/α,β-unsaturated/α-hetero) is 1. The number of nitro benzene ring substituents is 1. The highest BCUT2D eigenvalue weighted by Gasteiger charge is 2.46. The van der Waals surface area contributed by atoms with Crippen molar-refractivity contribution in [2.75, 3.05) is 6.61 Å². The third-order valence-electron chi connectivity index (χ3n) is 5.84. The first-order valence-electron chi connectivity index (χ1n) is 10.5. The topological polar surface area (TPSA) is 122 Å². The van der Waals surface area contributed by atoms with E-state index < -0.39 is 34.2 Å². The Morgan fingerprint density at radius 3 is 2.68 bits per heavy atom. The number of ketones is 1. The Morgan fingerprint density at radius 2 is 2.03 bits per heavy atom. The number of carbonyl (C=O) groups excluding carboxylic acids is 2. The first-order valence-corrected chi connectivity index (χ1v) is 10.5. The van der Waals surface area contributed by atoms with E-state index in [-0.39, 0.29) is 24.2 Å². The summed E-state index contributed by atoms with van der Waals surface area (Å²) in [5.74, 6) is -3.02. The van der Waals surface area contributed by atoms with Gasteiger partial charge in [-0.15, -0.1) is 0 Å². The number of rotatable bonds is 6. The highest BCUT2D eigenvalue weighted by molar-refractivity contribution is 6.09. The van der Waals surface area contributed by atoms with Crippen LogP contribution in [0.1, 0.15) is 64.9 Å². The Hall–Kier alpha value is -3.03. The van der Waals surface area contributed by atoms with E-state index in [4.69, 9.17) is 4.74 Å². The van der Waals surface area contributed by atoms with E-state index in [0.29, 0.717) is 35.4 Å². The van der Waals surface area contributed by atoms with Gasteiger partial charge in [0.1, 0.15) is 5.92 Å². The van der Waals surface area contributed by atoms with Crippen molar-refractivity contribution in [1.29, 1.82) is 0 Å². The van der Waals surface area contributed by atoms with Gasteiger partial charge in [0, 0.05) is 35.4 Å². The van der Waals surface area contributed by atoms with Gasteiger partial charge in [0.2, 0.25) is 0 Å². The summed E-state index contributed by atoms with van der Waals surface area (Å²) in [4.78, 5) is 41.4. The highest BCUT2D eigenvalue weighted by atomic mass is 16.6. The van der Waals surface area contributed by atoms with Crippen LogP contribution in [0.15, 0.2) is 34.5 Å². The molecule has 1 aliphatic carbocycles. The molecule has 1 aromatic carbocycles. The number of aliphatic imine (C=N–C) groups is 1. The van der Waals surface area contributed by atoms with Crippen molar-refractivity contribution >= 4 is 23.2 Å². The van der Waals surface area contributed by atoms with Gasteiger partial charge < -0.3 is 9.84 Å². The van der Waals surface area contributed by atoms with E-state index in [9.17, 15) is 24.8 Å². The summed E-state index contributed by atoms with van der Waals surface area (Å²) in [6.45, 7) is 7.91. The van der Waals surface area contributed by atoms with E-state index in [1.807, 2.05) is 20.8 Å². The van der Waals surface area contributed by atoms with Crippen molar-refractivity contribution in [3.05, 3.63) is 45.1 Å². The van der Waals surface area contributed by atoms with Crippen molar-refractivity contribution in [2.24, 2.45) is 16.3 Å². The molecule has 3 rings (SSSR count). The molecule has 0 amide bonds. The van der Waals surface area contributed by atoms with Crippen molar-refractivity contribution in [3.8, 4) is 5.75 Å². The van der Waals surface area contributed by atoms with Gasteiger partial charge >= 0.3 is 5.97 Å². The van der Waals surface area contributed by atoms with Crippen LogP contribution in [0.4, 0.5) is 5.69 Å². The zero-order chi connectivity index (χ0) is 22.9. The molecule has 2 aliphatic rings. The number of hydrogen-bond donors (Lipinski definition) is 0. The Labute approximate surface area is 181 Å². The predicted molar refractivity (Wildman–Crippen MR) is 113 cm³/mol. The summed E-state index contributed by atoms with van der Waals surface area (Å²) in [5, 5.41) is 23.3. The van der Waals surface area contributed by atoms with Crippen molar-refractivity contribution in [2.45, 2.75) is 59.3 Å². The fraction of sp³-hybridized carbons (Fsp3) is 0.522. The van der Waals surface area contributed by atoms with Gasteiger partial charge in [-0.3, -0.25) is 24.7 Å². The third-order valence-corrected chi connectivity index (χ3v) is 5.84. The number of hydrogen-bond acceptors (Lipinski definition) is 7. The van der Waals surface area contributed by atoms with Crippen molar-refractivity contribution < 1.29 is 24.4 Å². The summed E-state index contributed by atoms with van der Waals surface area (Å²) >= 11 is 0. The minimum Gasteiger partial charge on any atom is -0.868 e. The van der Waals surface area contributed by atoms with Crippen LogP contribution in [0, 0.1) is 21.4 Å². The standard InChI is InChI=1S/C23H28N2O6/c1-5-6-9-31-22(28)19-13(2)24-15-11-23(3,4)12-18(27)21(15)20(19)14-7-8-17(26)16(10-14)25(29)30/h7-8,10,19-20,26H,5-6,9,11-12H2,1-4H3/p-1/t19?,20-/m1/s1. The molecule has 0 radical (unpaired) electrons. The summed E-state index contributed by atoms with van der Waals surface area (Å²) in [6, 6.07) is 3.75. The van der Waals surface area contributed by atoms with Gasteiger partial charge in [-0.2, -0.15) is 0 Å². The Kier molecular flexibility index (Phi) is 6.29. The fourth-order valence-corrected chi connectivity index (χ4v) is 4.39. The Bertz CT molecular complexity index is 992. The molecule has 0 spiro atoms. The number of ether oxygens (including phenoxy) is 1. The molecule has 8 heteroatoms. The number of allylic oxidation sites excluding steroid dienone is 2. The van der Waals surface area contributed by atoms with Crippen LogP contribution >= 0.6 is 0 Å². The molecule has 1 unspecified atom stereocenters. The molecule has 1 heterocycles. The predicted octanol–water partition coefficient (Wildman–Crippen LogP) is 3.83. The van der Waals surface area contributed by atoms with Crippen LogP contribution in [0.25, 0.3) is 0 Å². The smallest absolute Gasteiger partial charge is 0.315 e. The molecule has 166 valence electrons. The van der Waals surface area contributed by atoms with Gasteiger partial charge in [0.25, 0.3) is 5.69 Å². The molecule has 31 heavy (non-hydrogen) atoms. The second-order valence-corrected chi connectivity index (χ2v) is 9.02. The minimum absolute atomic E-state index is 0.132. The second kappa shape index (κ2) is 8.61. The van der Waals surface area contributed by atoms with Gasteiger partial charge in [-0.1, -0.05) is 39.3 Å². The van der Waals surface area contributed by atoms with Gasteiger partial charge in [-0.05, 0) is 36.5 Å². The van der Waals surface area contributed by atoms with Gasteiger partial charge in [-0.25, -0.2) is 0 Å². The van der Waals surface area contributed by atoms with Crippen molar-refractivity contribution in [1.82, 2.24) is 0 Å². The molecule has 8 nitrogen and oxygen atoms in total. The van der Waals surface area contributed by atoms with E-state index in [1.165, 1.54) is 12.1 Å². The van der Waals surface area contributed by atoms with Crippen LogP contribution < -0.4 is 5.11 Å². The van der Waals surface area contributed by atoms with E-state index in [2.05, 4.69) is 4.99 Å². The monoisotopic (exact) mass is 427 g/mol. The lowest BCUT2D eigenvalue weighted by Gasteiger charge is -2.39. The maximum absolute atomic E-state index is 13.2. The Balaban J connectivity index is 2.15. The third kappa shape index (κ3) is 4.52. The number of unbranched alkanes of at least 4 members (excludes halogenated alkanes) is 1. The zero-order valence-electron chi connectivity index (χ0n) is 18.3. The number of esters is 1. The summed E-state index contributed by atoms with van der Waals surface area (Å²) < 4.78 is 5.45. The normalized spacial score (nSPS) is 22.6. The summed E-state index contributed by atoms with van der Waals surface area (Å²) in [5.41, 5.74) is 1.03. The lowest BCUT2D eigenvalue weighted by molar-refractivity contribution is -0.398. The lowest BCUT2D eigenvalue weighted by atomic mass is 9.67. The van der Waals surface area contributed by atoms with E-state index in [0.717, 1.165) is 12.5 Å². The molecule has 0 saturated heterocycles. The minimum atomic E-state index is -0.877. The van der Waals surface area contributed by atoms with E-state index >= 15 is 0 Å². The SMILES string of the molecule is CCCCOC(=O)C1C(C)=NC2=C(C(=O)CC(C)(C)C2)[C@@H]1c1ccc([O-])c([N+](=O)[O-])c1. The number of nitrogens with zero attached hydrogens (tertiary/aromatic N) is 2. The molecule has 0 bridgehead atoms.